The Labute approximate surface area is 249 Å². The molecule has 0 spiro atoms. The van der Waals surface area contributed by atoms with E-state index < -0.39 is 0 Å². The third-order valence-corrected chi connectivity index (χ3v) is 7.12. The highest BCUT2D eigenvalue weighted by Crippen LogP contribution is 2.33. The molecule has 0 aliphatic carbocycles. The quantitative estimate of drug-likeness (QED) is 0.171. The number of benzene rings is 4. The van der Waals surface area contributed by atoms with Gasteiger partial charge in [-0.2, -0.15) is 0 Å². The lowest BCUT2D eigenvalue weighted by Gasteiger charge is -2.23. The Hall–Kier alpha value is -3.70. The highest BCUT2D eigenvalue weighted by atomic mass is 35.5. The summed E-state index contributed by atoms with van der Waals surface area (Å²) in [5.41, 5.74) is 6.02. The van der Waals surface area contributed by atoms with Crippen LogP contribution in [0.4, 0.5) is 0 Å². The monoisotopic (exact) mass is 584 g/mol. The smallest absolute Gasteiger partial charge is 0.166 e. The lowest BCUT2D eigenvalue weighted by Crippen LogP contribution is -2.16. The molecule has 0 fully saturated rings. The van der Waals surface area contributed by atoms with E-state index in [-0.39, 0.29) is 0 Å². The maximum absolute atomic E-state index is 6.29. The van der Waals surface area contributed by atoms with Gasteiger partial charge in [-0.1, -0.05) is 102 Å². The normalized spacial score (nSPS) is 11.7. The van der Waals surface area contributed by atoms with E-state index in [9.17, 15) is 0 Å². The maximum atomic E-state index is 6.29. The molecular weight excluding hydrogens is 559 g/mol. The van der Waals surface area contributed by atoms with Gasteiger partial charge >= 0.3 is 0 Å². The minimum atomic E-state index is 0.539. The van der Waals surface area contributed by atoms with Crippen molar-refractivity contribution in [1.82, 2.24) is 19.9 Å². The summed E-state index contributed by atoms with van der Waals surface area (Å²) in [4.78, 5) is 17.1. The number of aromatic nitrogens is 3. The molecule has 0 amide bonds. The average Bonchev–Trinajstić information content (AvgIpc) is 2.95. The van der Waals surface area contributed by atoms with E-state index in [2.05, 4.69) is 17.0 Å². The Morgan fingerprint density at radius 3 is 1.45 bits per heavy atom. The van der Waals surface area contributed by atoms with Crippen LogP contribution < -0.4 is 0 Å². The zero-order valence-corrected chi connectivity index (χ0v) is 24.4. The van der Waals surface area contributed by atoms with Gasteiger partial charge in [0, 0.05) is 42.0 Å². The summed E-state index contributed by atoms with van der Waals surface area (Å²) < 4.78 is 0. The van der Waals surface area contributed by atoms with Crippen molar-refractivity contribution in [3.05, 3.63) is 158 Å². The minimum Gasteiger partial charge on any atom is -0.377 e. The Morgan fingerprint density at radius 1 is 0.550 bits per heavy atom. The van der Waals surface area contributed by atoms with E-state index >= 15 is 0 Å². The van der Waals surface area contributed by atoms with Crippen molar-refractivity contribution < 1.29 is 0 Å². The largest absolute Gasteiger partial charge is 0.377 e. The van der Waals surface area contributed by atoms with Crippen LogP contribution in [-0.4, -0.2) is 33.9 Å². The third kappa shape index (κ3) is 6.89. The van der Waals surface area contributed by atoms with Crippen LogP contribution in [0.15, 0.2) is 103 Å². The molecule has 4 nitrogen and oxygen atoms in total. The molecule has 200 valence electrons. The van der Waals surface area contributed by atoms with Crippen LogP contribution in [0.25, 0.3) is 11.3 Å². The molecular formula is C33H27Cl3N4. The number of nitrogens with zero attached hydrogens (tertiary/aromatic N) is 4. The van der Waals surface area contributed by atoms with Gasteiger partial charge in [0.2, 0.25) is 0 Å². The second-order valence-electron chi connectivity index (χ2n) is 9.59. The van der Waals surface area contributed by atoms with Gasteiger partial charge in [-0.05, 0) is 58.7 Å². The van der Waals surface area contributed by atoms with Crippen molar-refractivity contribution in [3.8, 4) is 0 Å². The second-order valence-corrected chi connectivity index (χ2v) is 10.9. The molecule has 5 aromatic rings. The highest BCUT2D eigenvalue weighted by molar-refractivity contribution is 6.31. The van der Waals surface area contributed by atoms with Crippen LogP contribution in [-0.2, 0) is 12.8 Å². The van der Waals surface area contributed by atoms with Crippen LogP contribution >= 0.6 is 34.8 Å². The van der Waals surface area contributed by atoms with E-state index in [4.69, 9.17) is 49.8 Å². The predicted octanol–water partition coefficient (Wildman–Crippen LogP) is 8.49. The molecule has 4 aromatic carbocycles. The standard InChI is InChI=1S/C33H27Cl3N4/c1-40(2)32(25-6-4-3-5-7-25)31(24-12-18-28(36)19-13-24)33-38-29(20-22-8-14-26(34)15-9-22)37-30(39-33)21-23-10-16-27(35)17-11-23/h3-19H,20-21H2,1-2H3/b32-31+. The van der Waals surface area contributed by atoms with Crippen molar-refractivity contribution in [1.29, 1.82) is 0 Å². The Morgan fingerprint density at radius 2 is 1.00 bits per heavy atom. The fourth-order valence-corrected chi connectivity index (χ4v) is 4.90. The lowest BCUT2D eigenvalue weighted by atomic mass is 9.97. The minimum absolute atomic E-state index is 0.539. The summed E-state index contributed by atoms with van der Waals surface area (Å²) in [6.07, 6.45) is 1.08. The number of rotatable bonds is 8. The third-order valence-electron chi connectivity index (χ3n) is 6.37. The molecule has 0 N–H and O–H groups in total. The van der Waals surface area contributed by atoms with Gasteiger partial charge in [-0.15, -0.1) is 0 Å². The van der Waals surface area contributed by atoms with Gasteiger partial charge in [0.25, 0.3) is 0 Å². The summed E-state index contributed by atoms with van der Waals surface area (Å²) in [6.45, 7) is 0. The van der Waals surface area contributed by atoms with E-state index in [1.54, 1.807) is 0 Å². The summed E-state index contributed by atoms with van der Waals surface area (Å²) in [7, 11) is 4.06. The van der Waals surface area contributed by atoms with Crippen LogP contribution in [0.2, 0.25) is 15.1 Å². The first kappa shape index (κ1) is 27.9. The number of halogens is 3. The van der Waals surface area contributed by atoms with Crippen molar-refractivity contribution >= 4 is 46.1 Å². The zero-order valence-electron chi connectivity index (χ0n) is 22.2. The summed E-state index contributed by atoms with van der Waals surface area (Å²) in [5, 5.41) is 2.04. The molecule has 40 heavy (non-hydrogen) atoms. The van der Waals surface area contributed by atoms with Gasteiger partial charge in [0.15, 0.2) is 5.82 Å². The first-order valence-electron chi connectivity index (χ1n) is 12.8. The molecule has 5 rings (SSSR count). The van der Waals surface area contributed by atoms with Crippen LogP contribution in [0.5, 0.6) is 0 Å². The van der Waals surface area contributed by atoms with Gasteiger partial charge < -0.3 is 4.90 Å². The Bertz CT molecular complexity index is 1550. The molecule has 1 aromatic heterocycles. The summed E-state index contributed by atoms with van der Waals surface area (Å²) in [5.74, 6) is 1.95. The average molecular weight is 586 g/mol. The van der Waals surface area contributed by atoms with Crippen LogP contribution in [0, 0.1) is 0 Å². The lowest BCUT2D eigenvalue weighted by molar-refractivity contribution is 0.593. The topological polar surface area (TPSA) is 41.9 Å². The first-order valence-corrected chi connectivity index (χ1v) is 13.9. The maximum Gasteiger partial charge on any atom is 0.166 e. The van der Waals surface area contributed by atoms with Gasteiger partial charge in [0.1, 0.15) is 11.6 Å². The van der Waals surface area contributed by atoms with Crippen LogP contribution in [0.1, 0.15) is 39.7 Å². The molecule has 0 aliphatic rings. The molecule has 0 atom stereocenters. The summed E-state index contributed by atoms with van der Waals surface area (Å²) in [6, 6.07) is 33.6. The van der Waals surface area contributed by atoms with Crippen molar-refractivity contribution in [2.75, 3.05) is 14.1 Å². The fourth-order valence-electron chi connectivity index (χ4n) is 4.52. The Kier molecular flexibility index (Phi) is 8.81. The molecule has 0 saturated heterocycles. The number of hydrogen-bond donors (Lipinski definition) is 0. The van der Waals surface area contributed by atoms with E-state index in [0.717, 1.165) is 33.5 Å². The summed E-state index contributed by atoms with van der Waals surface area (Å²) >= 11 is 18.6. The zero-order chi connectivity index (χ0) is 28.1. The van der Waals surface area contributed by atoms with Crippen molar-refractivity contribution in [2.45, 2.75) is 12.8 Å². The molecule has 7 heteroatoms. The SMILES string of the molecule is CN(C)/C(=C(\c1ccc(Cl)cc1)c1nc(Cc2ccc(Cl)cc2)nc(Cc2ccc(Cl)cc2)n1)c1ccccc1. The predicted molar refractivity (Wildman–Crippen MR) is 166 cm³/mol. The molecule has 0 saturated carbocycles. The fraction of sp³-hybridized carbons (Fsp3) is 0.121. The molecule has 0 bridgehead atoms. The first-order chi connectivity index (χ1) is 19.4. The molecule has 1 heterocycles. The van der Waals surface area contributed by atoms with Gasteiger partial charge in [0.05, 0.1) is 11.3 Å². The molecule has 0 unspecified atom stereocenters. The molecule has 0 radical (unpaired) electrons. The van der Waals surface area contributed by atoms with Crippen LogP contribution in [0.3, 0.4) is 0 Å². The highest BCUT2D eigenvalue weighted by Gasteiger charge is 2.21. The van der Waals surface area contributed by atoms with E-state index in [0.29, 0.717) is 45.4 Å². The van der Waals surface area contributed by atoms with E-state index in [1.165, 1.54) is 0 Å². The number of hydrogen-bond acceptors (Lipinski definition) is 4. The Balaban J connectivity index is 1.72. The van der Waals surface area contributed by atoms with Crippen molar-refractivity contribution in [3.63, 3.8) is 0 Å². The van der Waals surface area contributed by atoms with E-state index in [1.807, 2.05) is 105 Å². The van der Waals surface area contributed by atoms with Gasteiger partial charge in [-0.25, -0.2) is 15.0 Å². The van der Waals surface area contributed by atoms with Gasteiger partial charge in [-0.3, -0.25) is 0 Å². The van der Waals surface area contributed by atoms with Crippen molar-refractivity contribution in [2.24, 2.45) is 0 Å². The molecule has 0 aliphatic heterocycles. The second kappa shape index (κ2) is 12.6.